The van der Waals surface area contributed by atoms with Gasteiger partial charge in [0.25, 0.3) is 0 Å². The van der Waals surface area contributed by atoms with Crippen LogP contribution in [0.4, 0.5) is 0 Å². The first kappa shape index (κ1) is 19.0. The smallest absolute Gasteiger partial charge is 0.124 e. The largest absolute Gasteiger partial charge is 0.491 e. The summed E-state index contributed by atoms with van der Waals surface area (Å²) in [6, 6.07) is 6.36. The number of β-amino-alcohol motifs (C(OH)–C–C–N with tert-alkyl or cyclic N) is 1. The van der Waals surface area contributed by atoms with Crippen molar-refractivity contribution in [2.24, 2.45) is 0 Å². The molecule has 1 aromatic carbocycles. The number of hydrogen-bond donors (Lipinski definition) is 2. The van der Waals surface area contributed by atoms with Crippen molar-refractivity contribution in [3.63, 3.8) is 0 Å². The maximum absolute atomic E-state index is 10.4. The highest BCUT2D eigenvalue weighted by molar-refractivity contribution is 6.30. The molecular weight excluding hydrogens is 336 g/mol. The summed E-state index contributed by atoms with van der Waals surface area (Å²) in [6.45, 7) is 3.98. The number of nitrogens with one attached hydrogen (secondary N) is 1. The van der Waals surface area contributed by atoms with Gasteiger partial charge in [-0.25, -0.2) is 0 Å². The molecule has 1 heterocycles. The van der Waals surface area contributed by atoms with Gasteiger partial charge in [0.1, 0.15) is 18.5 Å². The SMILES string of the molecule is OC(COc1ccc(Cl)cc1CNC1CCC1)CN1CCCCCC1. The first-order chi connectivity index (χ1) is 12.2. The third-order valence-corrected chi connectivity index (χ3v) is 5.54. The van der Waals surface area contributed by atoms with E-state index in [4.69, 9.17) is 16.3 Å². The van der Waals surface area contributed by atoms with Crippen molar-refractivity contribution in [1.29, 1.82) is 0 Å². The molecule has 0 spiro atoms. The third-order valence-electron chi connectivity index (χ3n) is 5.31. The summed E-state index contributed by atoms with van der Waals surface area (Å²) in [6.07, 6.45) is 8.47. The highest BCUT2D eigenvalue weighted by atomic mass is 35.5. The first-order valence-corrected chi connectivity index (χ1v) is 10.1. The molecule has 1 aliphatic carbocycles. The van der Waals surface area contributed by atoms with Crippen LogP contribution in [-0.4, -0.2) is 48.4 Å². The molecule has 1 unspecified atom stereocenters. The van der Waals surface area contributed by atoms with E-state index in [2.05, 4.69) is 10.2 Å². The summed E-state index contributed by atoms with van der Waals surface area (Å²) >= 11 is 6.15. The lowest BCUT2D eigenvalue weighted by Crippen LogP contribution is -2.36. The number of hydrogen-bond acceptors (Lipinski definition) is 4. The second-order valence-corrected chi connectivity index (χ2v) is 7.88. The highest BCUT2D eigenvalue weighted by Crippen LogP contribution is 2.25. The van der Waals surface area contributed by atoms with Gasteiger partial charge in [0.05, 0.1) is 0 Å². The van der Waals surface area contributed by atoms with Gasteiger partial charge in [-0.15, -0.1) is 0 Å². The number of halogens is 1. The molecule has 0 radical (unpaired) electrons. The van der Waals surface area contributed by atoms with Gasteiger partial charge in [0.2, 0.25) is 0 Å². The first-order valence-electron chi connectivity index (χ1n) is 9.76. The zero-order valence-electron chi connectivity index (χ0n) is 15.1. The number of nitrogens with zero attached hydrogens (tertiary/aromatic N) is 1. The van der Waals surface area contributed by atoms with E-state index in [0.717, 1.165) is 36.0 Å². The molecule has 1 aliphatic heterocycles. The molecule has 0 bridgehead atoms. The van der Waals surface area contributed by atoms with Gasteiger partial charge < -0.3 is 20.1 Å². The van der Waals surface area contributed by atoms with Crippen LogP contribution in [0, 0.1) is 0 Å². The van der Waals surface area contributed by atoms with Gasteiger partial charge in [-0.1, -0.05) is 30.9 Å². The van der Waals surface area contributed by atoms with Crippen LogP contribution in [0.2, 0.25) is 5.02 Å². The maximum Gasteiger partial charge on any atom is 0.124 e. The molecule has 2 fully saturated rings. The molecule has 1 saturated heterocycles. The molecule has 0 amide bonds. The van der Waals surface area contributed by atoms with E-state index >= 15 is 0 Å². The van der Waals surface area contributed by atoms with Gasteiger partial charge >= 0.3 is 0 Å². The van der Waals surface area contributed by atoms with Crippen LogP contribution in [0.15, 0.2) is 18.2 Å². The Hall–Kier alpha value is -0.810. The summed E-state index contributed by atoms with van der Waals surface area (Å²) in [7, 11) is 0. The number of benzene rings is 1. The van der Waals surface area contributed by atoms with E-state index in [0.29, 0.717) is 19.2 Å². The number of aliphatic hydroxyl groups is 1. The van der Waals surface area contributed by atoms with Gasteiger partial charge in [-0.2, -0.15) is 0 Å². The Kier molecular flexibility index (Phi) is 7.41. The summed E-state index contributed by atoms with van der Waals surface area (Å²) in [5, 5.41) is 14.6. The van der Waals surface area contributed by atoms with Crippen molar-refractivity contribution in [2.75, 3.05) is 26.2 Å². The zero-order valence-corrected chi connectivity index (χ0v) is 15.8. The van der Waals surface area contributed by atoms with Crippen molar-refractivity contribution in [2.45, 2.75) is 63.6 Å². The summed E-state index contributed by atoms with van der Waals surface area (Å²) in [5.74, 6) is 0.825. The molecule has 140 valence electrons. The Bertz CT molecular complexity index is 528. The van der Waals surface area contributed by atoms with E-state index in [1.54, 1.807) is 0 Å². The summed E-state index contributed by atoms with van der Waals surface area (Å²) in [5.41, 5.74) is 1.07. The van der Waals surface area contributed by atoms with E-state index in [1.807, 2.05) is 18.2 Å². The molecule has 1 saturated carbocycles. The molecule has 3 rings (SSSR count). The second-order valence-electron chi connectivity index (χ2n) is 7.44. The summed E-state index contributed by atoms with van der Waals surface area (Å²) < 4.78 is 5.94. The Morgan fingerprint density at radius 1 is 1.16 bits per heavy atom. The Morgan fingerprint density at radius 2 is 1.92 bits per heavy atom. The minimum absolute atomic E-state index is 0.328. The van der Waals surface area contributed by atoms with E-state index in [9.17, 15) is 5.11 Å². The molecule has 2 aliphatic rings. The van der Waals surface area contributed by atoms with E-state index < -0.39 is 6.10 Å². The summed E-state index contributed by atoms with van der Waals surface area (Å²) in [4.78, 5) is 2.36. The third kappa shape index (κ3) is 6.14. The Balaban J connectivity index is 1.48. The number of ether oxygens (including phenoxy) is 1. The molecule has 4 nitrogen and oxygen atoms in total. The van der Waals surface area contributed by atoms with Crippen LogP contribution in [0.25, 0.3) is 0 Å². The van der Waals surface area contributed by atoms with Crippen LogP contribution < -0.4 is 10.1 Å². The van der Waals surface area contributed by atoms with Gasteiger partial charge in [0, 0.05) is 29.7 Å². The van der Waals surface area contributed by atoms with Crippen molar-refractivity contribution in [3.05, 3.63) is 28.8 Å². The van der Waals surface area contributed by atoms with Crippen molar-refractivity contribution < 1.29 is 9.84 Å². The van der Waals surface area contributed by atoms with Crippen LogP contribution in [0.1, 0.15) is 50.5 Å². The van der Waals surface area contributed by atoms with Crippen molar-refractivity contribution in [3.8, 4) is 5.75 Å². The maximum atomic E-state index is 10.4. The molecule has 1 atom stereocenters. The fraction of sp³-hybridized carbons (Fsp3) is 0.700. The molecule has 0 aromatic heterocycles. The number of aliphatic hydroxyl groups excluding tert-OH is 1. The standard InChI is InChI=1S/C20H31ClN2O2/c21-17-8-9-20(16(12-17)13-22-18-6-5-7-18)25-15-19(24)14-23-10-3-1-2-4-11-23/h8-9,12,18-19,22,24H,1-7,10-11,13-15H2. The van der Waals surface area contributed by atoms with Gasteiger partial charge in [-0.3, -0.25) is 0 Å². The highest BCUT2D eigenvalue weighted by Gasteiger charge is 2.18. The van der Waals surface area contributed by atoms with Gasteiger partial charge in [-0.05, 0) is 57.0 Å². The van der Waals surface area contributed by atoms with Crippen molar-refractivity contribution in [1.82, 2.24) is 10.2 Å². The Labute approximate surface area is 156 Å². The molecule has 2 N–H and O–H groups in total. The van der Waals surface area contributed by atoms with Gasteiger partial charge in [0.15, 0.2) is 0 Å². The molecule has 25 heavy (non-hydrogen) atoms. The molecule has 1 aromatic rings. The molecular formula is C20H31ClN2O2. The normalized spacial score (nSPS) is 20.7. The van der Waals surface area contributed by atoms with E-state index in [-0.39, 0.29) is 0 Å². The monoisotopic (exact) mass is 366 g/mol. The predicted octanol–water partition coefficient (Wildman–Crippen LogP) is 3.60. The van der Waals surface area contributed by atoms with Crippen molar-refractivity contribution >= 4 is 11.6 Å². The van der Waals surface area contributed by atoms with Crippen LogP contribution in [0.5, 0.6) is 5.75 Å². The predicted molar refractivity (Wildman–Crippen MR) is 102 cm³/mol. The van der Waals surface area contributed by atoms with Crippen LogP contribution in [-0.2, 0) is 6.54 Å². The quantitative estimate of drug-likeness (QED) is 0.737. The fourth-order valence-corrected chi connectivity index (χ4v) is 3.74. The lowest BCUT2D eigenvalue weighted by molar-refractivity contribution is 0.0689. The van der Waals surface area contributed by atoms with Crippen LogP contribution >= 0.6 is 11.6 Å². The minimum Gasteiger partial charge on any atom is -0.491 e. The fourth-order valence-electron chi connectivity index (χ4n) is 3.55. The Morgan fingerprint density at radius 3 is 2.60 bits per heavy atom. The lowest BCUT2D eigenvalue weighted by Gasteiger charge is -2.27. The van der Waals surface area contributed by atoms with Crippen LogP contribution in [0.3, 0.4) is 0 Å². The number of likely N-dealkylation sites (tertiary alicyclic amines) is 1. The van der Waals surface area contributed by atoms with E-state index in [1.165, 1.54) is 44.9 Å². The second kappa shape index (κ2) is 9.77. The number of rotatable bonds is 8. The lowest BCUT2D eigenvalue weighted by atomic mass is 9.93. The average molecular weight is 367 g/mol. The minimum atomic E-state index is -0.457. The zero-order chi connectivity index (χ0) is 17.5. The average Bonchev–Trinajstić information content (AvgIpc) is 2.81. The molecule has 5 heteroatoms. The topological polar surface area (TPSA) is 44.7 Å².